The molecule has 0 bridgehead atoms. The Balaban J connectivity index is 1.85. The maximum Gasteiger partial charge on any atom is 0.252 e. The third-order valence-electron chi connectivity index (χ3n) is 3.08. The Labute approximate surface area is 127 Å². The summed E-state index contributed by atoms with van der Waals surface area (Å²) < 4.78 is 12.8. The number of nitrogens with one attached hydrogen (secondary N) is 1. The lowest BCUT2D eigenvalue weighted by molar-refractivity contribution is 0.0943. The van der Waals surface area contributed by atoms with Crippen LogP contribution in [0.4, 0.5) is 4.39 Å². The SMILES string of the molecule is O=C(NCCC(O)c1ccc(F)cc1)c1ccccc1Cl. The topological polar surface area (TPSA) is 49.3 Å². The van der Waals surface area contributed by atoms with Crippen LogP contribution in [-0.4, -0.2) is 17.6 Å². The maximum absolute atomic E-state index is 12.8. The van der Waals surface area contributed by atoms with Crippen molar-refractivity contribution in [2.75, 3.05) is 6.54 Å². The molecule has 1 unspecified atom stereocenters. The zero-order chi connectivity index (χ0) is 15.2. The number of aliphatic hydroxyl groups excluding tert-OH is 1. The number of amides is 1. The van der Waals surface area contributed by atoms with Gasteiger partial charge in [0.25, 0.3) is 5.91 Å². The molecule has 5 heteroatoms. The highest BCUT2D eigenvalue weighted by Crippen LogP contribution is 2.17. The van der Waals surface area contributed by atoms with Crippen molar-refractivity contribution in [2.45, 2.75) is 12.5 Å². The minimum Gasteiger partial charge on any atom is -0.388 e. The second kappa shape index (κ2) is 7.20. The number of hydrogen-bond donors (Lipinski definition) is 2. The van der Waals surface area contributed by atoms with Crippen molar-refractivity contribution >= 4 is 17.5 Å². The number of benzene rings is 2. The van der Waals surface area contributed by atoms with E-state index in [1.165, 1.54) is 24.3 Å². The van der Waals surface area contributed by atoms with E-state index in [0.29, 0.717) is 29.1 Å². The van der Waals surface area contributed by atoms with Gasteiger partial charge in [0.1, 0.15) is 5.82 Å². The lowest BCUT2D eigenvalue weighted by Gasteiger charge is -2.12. The second-order valence-corrected chi connectivity index (χ2v) is 5.00. The van der Waals surface area contributed by atoms with E-state index in [1.54, 1.807) is 24.3 Å². The van der Waals surface area contributed by atoms with E-state index in [-0.39, 0.29) is 11.7 Å². The van der Waals surface area contributed by atoms with E-state index >= 15 is 0 Å². The summed E-state index contributed by atoms with van der Waals surface area (Å²) in [5.41, 5.74) is 1.01. The summed E-state index contributed by atoms with van der Waals surface area (Å²) in [5, 5.41) is 13.0. The summed E-state index contributed by atoms with van der Waals surface area (Å²) >= 11 is 5.93. The van der Waals surface area contributed by atoms with Gasteiger partial charge in [-0.05, 0) is 36.2 Å². The molecule has 0 aliphatic rings. The predicted molar refractivity (Wildman–Crippen MR) is 79.8 cm³/mol. The Bertz CT molecular complexity index is 616. The summed E-state index contributed by atoms with van der Waals surface area (Å²) in [6.45, 7) is 0.294. The highest BCUT2D eigenvalue weighted by Gasteiger charge is 2.11. The van der Waals surface area contributed by atoms with Gasteiger partial charge in [-0.1, -0.05) is 35.9 Å². The molecule has 0 fully saturated rings. The number of carbonyl (C=O) groups excluding carboxylic acids is 1. The third kappa shape index (κ3) is 4.28. The fraction of sp³-hybridized carbons (Fsp3) is 0.188. The Hall–Kier alpha value is -1.91. The second-order valence-electron chi connectivity index (χ2n) is 4.59. The van der Waals surface area contributed by atoms with Crippen LogP contribution in [0.15, 0.2) is 48.5 Å². The molecule has 0 spiro atoms. The first-order valence-electron chi connectivity index (χ1n) is 6.54. The smallest absolute Gasteiger partial charge is 0.252 e. The quantitative estimate of drug-likeness (QED) is 0.890. The highest BCUT2D eigenvalue weighted by atomic mass is 35.5. The van der Waals surface area contributed by atoms with Crippen LogP contribution in [0.3, 0.4) is 0 Å². The minimum atomic E-state index is -0.753. The first-order valence-corrected chi connectivity index (χ1v) is 6.92. The van der Waals surface area contributed by atoms with Crippen molar-refractivity contribution in [2.24, 2.45) is 0 Å². The third-order valence-corrected chi connectivity index (χ3v) is 3.41. The zero-order valence-electron chi connectivity index (χ0n) is 11.2. The van der Waals surface area contributed by atoms with Crippen LogP contribution in [0.1, 0.15) is 28.4 Å². The molecule has 0 saturated carbocycles. The van der Waals surface area contributed by atoms with E-state index in [2.05, 4.69) is 5.32 Å². The van der Waals surface area contributed by atoms with Crippen molar-refractivity contribution < 1.29 is 14.3 Å². The van der Waals surface area contributed by atoms with Crippen LogP contribution in [0.5, 0.6) is 0 Å². The lowest BCUT2D eigenvalue weighted by atomic mass is 10.1. The minimum absolute atomic E-state index is 0.285. The van der Waals surface area contributed by atoms with Crippen LogP contribution in [0, 0.1) is 5.82 Å². The van der Waals surface area contributed by atoms with Crippen LogP contribution in [-0.2, 0) is 0 Å². The molecule has 1 atom stereocenters. The zero-order valence-corrected chi connectivity index (χ0v) is 12.0. The van der Waals surface area contributed by atoms with Gasteiger partial charge in [0.15, 0.2) is 0 Å². The summed E-state index contributed by atoms with van der Waals surface area (Å²) in [6.07, 6.45) is -0.417. The normalized spacial score (nSPS) is 12.0. The molecule has 2 aromatic rings. The summed E-state index contributed by atoms with van der Waals surface area (Å²) in [7, 11) is 0. The number of halogens is 2. The van der Waals surface area contributed by atoms with Crippen molar-refractivity contribution in [3.05, 3.63) is 70.5 Å². The van der Waals surface area contributed by atoms with Gasteiger partial charge in [-0.15, -0.1) is 0 Å². The van der Waals surface area contributed by atoms with Gasteiger partial charge in [0, 0.05) is 6.54 Å². The number of aliphatic hydroxyl groups is 1. The molecule has 0 aromatic heterocycles. The van der Waals surface area contributed by atoms with Gasteiger partial charge in [-0.2, -0.15) is 0 Å². The van der Waals surface area contributed by atoms with Crippen molar-refractivity contribution in [1.29, 1.82) is 0 Å². The molecule has 2 N–H and O–H groups in total. The molecular weight excluding hydrogens is 293 g/mol. The summed E-state index contributed by atoms with van der Waals surface area (Å²) in [6, 6.07) is 12.4. The largest absolute Gasteiger partial charge is 0.388 e. The Morgan fingerprint density at radius 2 is 1.86 bits per heavy atom. The molecule has 1 amide bonds. The van der Waals surface area contributed by atoms with Crippen LogP contribution in [0.2, 0.25) is 5.02 Å². The maximum atomic E-state index is 12.8. The Morgan fingerprint density at radius 3 is 2.52 bits per heavy atom. The number of hydrogen-bond acceptors (Lipinski definition) is 2. The van der Waals surface area contributed by atoms with Crippen molar-refractivity contribution in [3.63, 3.8) is 0 Å². The molecule has 110 valence electrons. The predicted octanol–water partition coefficient (Wildman–Crippen LogP) is 3.33. The molecule has 2 rings (SSSR count). The first kappa shape index (κ1) is 15.5. The van der Waals surface area contributed by atoms with Crippen LogP contribution in [0.25, 0.3) is 0 Å². The number of carbonyl (C=O) groups is 1. The molecule has 0 heterocycles. The van der Waals surface area contributed by atoms with E-state index < -0.39 is 6.10 Å². The van der Waals surface area contributed by atoms with Gasteiger partial charge < -0.3 is 10.4 Å². The average Bonchev–Trinajstić information content (AvgIpc) is 2.48. The van der Waals surface area contributed by atoms with E-state index in [0.717, 1.165) is 0 Å². The van der Waals surface area contributed by atoms with Gasteiger partial charge in [0.2, 0.25) is 0 Å². The highest BCUT2D eigenvalue weighted by molar-refractivity contribution is 6.33. The average molecular weight is 308 g/mol. The standard InChI is InChI=1S/C16H15ClFNO2/c17-14-4-2-1-3-13(14)16(21)19-10-9-15(20)11-5-7-12(18)8-6-11/h1-8,15,20H,9-10H2,(H,19,21). The van der Waals surface area contributed by atoms with Gasteiger partial charge >= 0.3 is 0 Å². The molecule has 0 radical (unpaired) electrons. The van der Waals surface area contributed by atoms with Gasteiger partial charge in [0.05, 0.1) is 16.7 Å². The summed E-state index contributed by atoms with van der Waals surface area (Å²) in [5.74, 6) is -0.634. The van der Waals surface area contributed by atoms with Gasteiger partial charge in [-0.3, -0.25) is 4.79 Å². The lowest BCUT2D eigenvalue weighted by Crippen LogP contribution is -2.25. The van der Waals surface area contributed by atoms with Crippen molar-refractivity contribution in [3.8, 4) is 0 Å². The fourth-order valence-electron chi connectivity index (χ4n) is 1.91. The van der Waals surface area contributed by atoms with Crippen LogP contribution >= 0.6 is 11.6 Å². The first-order chi connectivity index (χ1) is 10.1. The van der Waals surface area contributed by atoms with E-state index in [9.17, 15) is 14.3 Å². The molecule has 0 aliphatic heterocycles. The number of rotatable bonds is 5. The molecule has 3 nitrogen and oxygen atoms in total. The molecule has 0 saturated heterocycles. The molecular formula is C16H15ClFNO2. The van der Waals surface area contributed by atoms with Crippen molar-refractivity contribution in [1.82, 2.24) is 5.32 Å². The fourth-order valence-corrected chi connectivity index (χ4v) is 2.14. The van der Waals surface area contributed by atoms with Crippen LogP contribution < -0.4 is 5.32 Å². The van der Waals surface area contributed by atoms with E-state index in [4.69, 9.17) is 11.6 Å². The van der Waals surface area contributed by atoms with Gasteiger partial charge in [-0.25, -0.2) is 4.39 Å². The van der Waals surface area contributed by atoms with E-state index in [1.807, 2.05) is 0 Å². The Kier molecular flexibility index (Phi) is 5.31. The molecule has 21 heavy (non-hydrogen) atoms. The monoisotopic (exact) mass is 307 g/mol. The molecule has 0 aliphatic carbocycles. The Morgan fingerprint density at radius 1 is 1.19 bits per heavy atom. The molecule has 2 aromatic carbocycles. The summed E-state index contributed by atoms with van der Waals surface area (Å²) in [4.78, 5) is 11.9.